The van der Waals surface area contributed by atoms with Gasteiger partial charge in [0.2, 0.25) is 5.91 Å². The Bertz CT molecular complexity index is 460. The van der Waals surface area contributed by atoms with Crippen LogP contribution in [0.15, 0.2) is 18.2 Å². The van der Waals surface area contributed by atoms with Crippen LogP contribution in [0.2, 0.25) is 0 Å². The summed E-state index contributed by atoms with van der Waals surface area (Å²) in [6.45, 7) is 7.79. The second-order valence-corrected chi connectivity index (χ2v) is 6.29. The van der Waals surface area contributed by atoms with Crippen LogP contribution < -0.4 is 5.73 Å². The molecule has 2 rings (SSSR count). The lowest BCUT2D eigenvalue weighted by molar-refractivity contribution is -0.134. The van der Waals surface area contributed by atoms with E-state index in [-0.39, 0.29) is 11.3 Å². The van der Waals surface area contributed by atoms with E-state index >= 15 is 0 Å². The number of nitrogens with zero attached hydrogens (tertiary/aromatic N) is 1. The fourth-order valence-corrected chi connectivity index (χ4v) is 2.42. The number of rotatable bonds is 1. The molecular formula is C15H22N2O. The van der Waals surface area contributed by atoms with Crippen LogP contribution in [-0.4, -0.2) is 17.4 Å². The molecule has 1 aromatic rings. The first-order valence-corrected chi connectivity index (χ1v) is 6.51. The molecule has 0 saturated carbocycles. The van der Waals surface area contributed by atoms with Crippen molar-refractivity contribution in [3.8, 4) is 0 Å². The zero-order valence-electron chi connectivity index (χ0n) is 11.5. The van der Waals surface area contributed by atoms with E-state index < -0.39 is 0 Å². The van der Waals surface area contributed by atoms with Gasteiger partial charge in [-0.05, 0) is 29.0 Å². The van der Waals surface area contributed by atoms with Crippen molar-refractivity contribution >= 4 is 11.6 Å². The van der Waals surface area contributed by atoms with Gasteiger partial charge in [-0.15, -0.1) is 0 Å². The Morgan fingerprint density at radius 1 is 1.39 bits per heavy atom. The molecule has 3 heteroatoms. The third-order valence-electron chi connectivity index (χ3n) is 3.34. The van der Waals surface area contributed by atoms with Gasteiger partial charge in [0.15, 0.2) is 0 Å². The molecule has 2 N–H and O–H groups in total. The van der Waals surface area contributed by atoms with Crippen LogP contribution in [0.25, 0.3) is 0 Å². The SMILES string of the molecule is CC(C)(C)CC(=O)N1CCc2c(N)cccc2C1. The lowest BCUT2D eigenvalue weighted by atomic mass is 9.90. The number of carbonyl (C=O) groups is 1. The summed E-state index contributed by atoms with van der Waals surface area (Å²) in [5.74, 6) is 0.246. The molecule has 0 aliphatic carbocycles. The Morgan fingerprint density at radius 2 is 2.11 bits per heavy atom. The quantitative estimate of drug-likeness (QED) is 0.774. The molecule has 98 valence electrons. The Balaban J connectivity index is 2.11. The van der Waals surface area contributed by atoms with Gasteiger partial charge in [-0.1, -0.05) is 32.9 Å². The zero-order valence-corrected chi connectivity index (χ0v) is 11.5. The molecule has 0 aromatic heterocycles. The third kappa shape index (κ3) is 2.84. The van der Waals surface area contributed by atoms with Crippen molar-refractivity contribution in [2.75, 3.05) is 12.3 Å². The van der Waals surface area contributed by atoms with Gasteiger partial charge in [0, 0.05) is 25.2 Å². The predicted octanol–water partition coefficient (Wildman–Crippen LogP) is 2.59. The standard InChI is InChI=1S/C15H22N2O/c1-15(2,3)9-14(18)17-8-7-12-11(10-17)5-4-6-13(12)16/h4-6H,7-10,16H2,1-3H3. The normalized spacial score (nSPS) is 15.4. The van der Waals surface area contributed by atoms with Crippen molar-refractivity contribution in [3.63, 3.8) is 0 Å². The second-order valence-electron chi connectivity index (χ2n) is 6.29. The van der Waals surface area contributed by atoms with Crippen LogP contribution in [0.4, 0.5) is 5.69 Å². The van der Waals surface area contributed by atoms with Crippen LogP contribution in [0.5, 0.6) is 0 Å². The summed E-state index contributed by atoms with van der Waals surface area (Å²) in [6.07, 6.45) is 1.47. The molecule has 0 radical (unpaired) electrons. The topological polar surface area (TPSA) is 46.3 Å². The molecule has 1 aliphatic heterocycles. The number of nitrogen functional groups attached to an aromatic ring is 1. The molecule has 0 spiro atoms. The minimum Gasteiger partial charge on any atom is -0.398 e. The average Bonchev–Trinajstić information content (AvgIpc) is 2.26. The van der Waals surface area contributed by atoms with E-state index in [9.17, 15) is 4.79 Å². The molecule has 18 heavy (non-hydrogen) atoms. The summed E-state index contributed by atoms with van der Waals surface area (Å²) < 4.78 is 0. The minimum absolute atomic E-state index is 0.0487. The van der Waals surface area contributed by atoms with E-state index in [0.717, 1.165) is 18.7 Å². The number of anilines is 1. The van der Waals surface area contributed by atoms with Gasteiger partial charge >= 0.3 is 0 Å². The molecule has 0 bridgehead atoms. The van der Waals surface area contributed by atoms with Crippen molar-refractivity contribution < 1.29 is 4.79 Å². The number of carbonyl (C=O) groups excluding carboxylic acids is 1. The summed E-state index contributed by atoms with van der Waals surface area (Å²) in [6, 6.07) is 5.97. The molecule has 0 unspecified atom stereocenters. The van der Waals surface area contributed by atoms with Crippen molar-refractivity contribution in [2.24, 2.45) is 5.41 Å². The summed E-state index contributed by atoms with van der Waals surface area (Å²) in [5, 5.41) is 0. The lowest BCUT2D eigenvalue weighted by Gasteiger charge is -2.31. The number of hydrogen-bond acceptors (Lipinski definition) is 2. The van der Waals surface area contributed by atoms with Crippen LogP contribution in [0.3, 0.4) is 0 Å². The smallest absolute Gasteiger partial charge is 0.223 e. The predicted molar refractivity (Wildman–Crippen MR) is 74.0 cm³/mol. The summed E-state index contributed by atoms with van der Waals surface area (Å²) >= 11 is 0. The second kappa shape index (κ2) is 4.63. The van der Waals surface area contributed by atoms with Crippen LogP contribution in [-0.2, 0) is 17.8 Å². The first kappa shape index (κ1) is 12.9. The van der Waals surface area contributed by atoms with Crippen LogP contribution in [0.1, 0.15) is 38.3 Å². The maximum Gasteiger partial charge on any atom is 0.223 e. The van der Waals surface area contributed by atoms with Crippen LogP contribution in [0, 0.1) is 5.41 Å². The number of amides is 1. The van der Waals surface area contributed by atoms with E-state index in [1.54, 1.807) is 0 Å². The molecule has 0 atom stereocenters. The fourth-order valence-electron chi connectivity index (χ4n) is 2.42. The minimum atomic E-state index is 0.0487. The van der Waals surface area contributed by atoms with E-state index in [4.69, 9.17) is 5.73 Å². The fraction of sp³-hybridized carbons (Fsp3) is 0.533. The molecule has 1 heterocycles. The number of fused-ring (bicyclic) bond motifs is 1. The highest BCUT2D eigenvalue weighted by Gasteiger charge is 2.25. The van der Waals surface area contributed by atoms with Gasteiger partial charge in [0.25, 0.3) is 0 Å². The monoisotopic (exact) mass is 246 g/mol. The van der Waals surface area contributed by atoms with Gasteiger partial charge in [0.05, 0.1) is 0 Å². The Morgan fingerprint density at radius 3 is 2.78 bits per heavy atom. The zero-order chi connectivity index (χ0) is 13.3. The maximum absolute atomic E-state index is 12.2. The average molecular weight is 246 g/mol. The van der Waals surface area contributed by atoms with E-state index in [1.807, 2.05) is 17.0 Å². The third-order valence-corrected chi connectivity index (χ3v) is 3.34. The van der Waals surface area contributed by atoms with Gasteiger partial charge in [0.1, 0.15) is 0 Å². The molecular weight excluding hydrogens is 224 g/mol. The van der Waals surface area contributed by atoms with Gasteiger partial charge in [-0.25, -0.2) is 0 Å². The van der Waals surface area contributed by atoms with Gasteiger partial charge in [-0.3, -0.25) is 4.79 Å². The molecule has 1 amide bonds. The molecule has 0 fully saturated rings. The molecule has 0 saturated heterocycles. The maximum atomic E-state index is 12.2. The highest BCUT2D eigenvalue weighted by Crippen LogP contribution is 2.26. The Labute approximate surface area is 109 Å². The summed E-state index contributed by atoms with van der Waals surface area (Å²) in [5.41, 5.74) is 9.28. The Kier molecular flexibility index (Phi) is 3.33. The number of nitrogens with two attached hydrogens (primary N) is 1. The first-order valence-electron chi connectivity index (χ1n) is 6.51. The van der Waals surface area contributed by atoms with Gasteiger partial charge in [-0.2, -0.15) is 0 Å². The van der Waals surface area contributed by atoms with Crippen molar-refractivity contribution in [2.45, 2.75) is 40.2 Å². The Hall–Kier alpha value is -1.51. The van der Waals surface area contributed by atoms with E-state index in [0.29, 0.717) is 13.0 Å². The molecule has 3 nitrogen and oxygen atoms in total. The van der Waals surface area contributed by atoms with Crippen LogP contribution >= 0.6 is 0 Å². The largest absolute Gasteiger partial charge is 0.398 e. The summed E-state index contributed by atoms with van der Waals surface area (Å²) in [4.78, 5) is 14.2. The van der Waals surface area contributed by atoms with E-state index in [2.05, 4.69) is 26.8 Å². The molecule has 1 aromatic carbocycles. The highest BCUT2D eigenvalue weighted by atomic mass is 16.2. The number of benzene rings is 1. The highest BCUT2D eigenvalue weighted by molar-refractivity contribution is 5.77. The molecule has 1 aliphatic rings. The first-order chi connectivity index (χ1) is 8.37. The lowest BCUT2D eigenvalue weighted by Crippen LogP contribution is -2.37. The number of hydrogen-bond donors (Lipinski definition) is 1. The van der Waals surface area contributed by atoms with E-state index in [1.165, 1.54) is 11.1 Å². The van der Waals surface area contributed by atoms with Crippen molar-refractivity contribution in [1.29, 1.82) is 0 Å². The van der Waals surface area contributed by atoms with Crippen molar-refractivity contribution in [3.05, 3.63) is 29.3 Å². The van der Waals surface area contributed by atoms with Crippen molar-refractivity contribution in [1.82, 2.24) is 4.90 Å². The summed E-state index contributed by atoms with van der Waals surface area (Å²) in [7, 11) is 0. The van der Waals surface area contributed by atoms with Gasteiger partial charge < -0.3 is 10.6 Å².